The SMILES string of the molecule is CC(C)(C)OC(=O)Nc1ccc(Sc2ccc(-c3bcccc3)cc2[N+](=O)[O-])cc1. The van der Waals surface area contributed by atoms with E-state index in [0.717, 1.165) is 15.9 Å². The summed E-state index contributed by atoms with van der Waals surface area (Å²) < 4.78 is 5.23. The number of anilines is 1. The average molecular weight is 420 g/mol. The number of benzene rings is 2. The molecule has 0 bridgehead atoms. The van der Waals surface area contributed by atoms with E-state index in [4.69, 9.17) is 4.74 Å². The molecule has 0 spiro atoms. The van der Waals surface area contributed by atoms with Gasteiger partial charge in [-0.15, -0.1) is 0 Å². The molecule has 0 saturated heterocycles. The quantitative estimate of drug-likeness (QED) is 0.399. The maximum absolute atomic E-state index is 11.9. The predicted molar refractivity (Wildman–Crippen MR) is 120 cm³/mol. The van der Waals surface area contributed by atoms with Crippen molar-refractivity contribution >= 4 is 36.1 Å². The van der Waals surface area contributed by atoms with Crippen molar-refractivity contribution in [3.63, 3.8) is 0 Å². The number of rotatable bonds is 5. The van der Waals surface area contributed by atoms with Crippen LogP contribution < -0.4 is 5.32 Å². The third kappa shape index (κ3) is 5.94. The number of nitro benzene ring substituents is 1. The number of nitrogens with one attached hydrogen (secondary N) is 1. The fourth-order valence-electron chi connectivity index (χ4n) is 2.71. The summed E-state index contributed by atoms with van der Waals surface area (Å²) in [5.74, 6) is 1.90. The van der Waals surface area contributed by atoms with Crippen LogP contribution in [0.25, 0.3) is 11.0 Å². The number of carbonyl (C=O) groups is 1. The van der Waals surface area contributed by atoms with E-state index in [1.807, 2.05) is 37.1 Å². The van der Waals surface area contributed by atoms with Crippen molar-refractivity contribution in [3.05, 3.63) is 76.7 Å². The summed E-state index contributed by atoms with van der Waals surface area (Å²) in [6, 6.07) is 18.0. The fourth-order valence-corrected chi connectivity index (χ4v) is 3.61. The van der Waals surface area contributed by atoms with Gasteiger partial charge in [0.2, 0.25) is 0 Å². The summed E-state index contributed by atoms with van der Waals surface area (Å²) in [6.07, 6.45) is -0.532. The van der Waals surface area contributed by atoms with Crippen LogP contribution in [0.5, 0.6) is 0 Å². The first-order chi connectivity index (χ1) is 14.2. The maximum atomic E-state index is 11.9. The molecule has 2 aromatic carbocycles. The summed E-state index contributed by atoms with van der Waals surface area (Å²) in [5, 5.41) is 14.3. The Hall–Kier alpha value is -3.13. The Morgan fingerprint density at radius 3 is 2.43 bits per heavy atom. The van der Waals surface area contributed by atoms with Crippen LogP contribution in [0.15, 0.2) is 76.4 Å². The van der Waals surface area contributed by atoms with Crippen molar-refractivity contribution in [1.29, 1.82) is 0 Å². The van der Waals surface area contributed by atoms with E-state index in [2.05, 4.69) is 5.32 Å². The van der Waals surface area contributed by atoms with Gasteiger partial charge in [-0.2, -0.15) is 0 Å². The van der Waals surface area contributed by atoms with Crippen molar-refractivity contribution in [2.24, 2.45) is 0 Å². The zero-order chi connectivity index (χ0) is 21.7. The van der Waals surface area contributed by atoms with E-state index in [1.54, 1.807) is 57.2 Å². The first kappa shape index (κ1) is 21.6. The van der Waals surface area contributed by atoms with Crippen molar-refractivity contribution < 1.29 is 14.5 Å². The topological polar surface area (TPSA) is 81.5 Å². The first-order valence-electron chi connectivity index (χ1n) is 9.33. The number of hydrogen-bond acceptors (Lipinski definition) is 5. The molecule has 3 rings (SSSR count). The van der Waals surface area contributed by atoms with Crippen molar-refractivity contribution in [3.8, 4) is 11.0 Å². The second-order valence-corrected chi connectivity index (χ2v) is 8.67. The Labute approximate surface area is 180 Å². The molecule has 0 aliphatic carbocycles. The number of nitrogens with zero attached hydrogens (tertiary/aromatic N) is 1. The van der Waals surface area contributed by atoms with Crippen LogP contribution in [0.3, 0.4) is 0 Å². The van der Waals surface area contributed by atoms with Gasteiger partial charge < -0.3 is 4.74 Å². The van der Waals surface area contributed by atoms with Crippen LogP contribution >= 0.6 is 11.8 Å². The summed E-state index contributed by atoms with van der Waals surface area (Å²) in [7, 11) is 0. The predicted octanol–water partition coefficient (Wildman–Crippen LogP) is 6.10. The standard InChI is InChI=1S/C22H21BN2O4S/c1-22(2,3)29-21(26)24-16-8-10-17(11-9-16)30-20-12-7-15(14-19(20)25(27)28)18-6-4-5-13-23-18/h4-14H,1-3H3,(H,24,26). The molecule has 0 aliphatic rings. The Morgan fingerprint density at radius 2 is 1.83 bits per heavy atom. The second kappa shape index (κ2) is 9.13. The van der Waals surface area contributed by atoms with E-state index in [1.165, 1.54) is 11.8 Å². The molecule has 0 atom stereocenters. The van der Waals surface area contributed by atoms with Gasteiger partial charge in [-0.1, -0.05) is 0 Å². The van der Waals surface area contributed by atoms with Crippen molar-refractivity contribution in [2.45, 2.75) is 36.2 Å². The molecule has 1 heterocycles. The van der Waals surface area contributed by atoms with Crippen LogP contribution in [-0.4, -0.2) is 23.5 Å². The van der Waals surface area contributed by atoms with Gasteiger partial charge in [0, 0.05) is 0 Å². The molecule has 1 N–H and O–H groups in total. The Bertz CT molecular complexity index is 1050. The third-order valence-electron chi connectivity index (χ3n) is 3.99. The summed E-state index contributed by atoms with van der Waals surface area (Å²) in [5.41, 5.74) is 1.78. The second-order valence-electron chi connectivity index (χ2n) is 7.56. The Balaban J connectivity index is 1.76. The molecule has 152 valence electrons. The molecule has 8 heteroatoms. The fraction of sp³-hybridized carbons (Fsp3) is 0.182. The van der Waals surface area contributed by atoms with Gasteiger partial charge in [0.25, 0.3) is 0 Å². The third-order valence-corrected chi connectivity index (χ3v) is 5.06. The van der Waals surface area contributed by atoms with Crippen molar-refractivity contribution in [2.75, 3.05) is 5.32 Å². The average Bonchev–Trinajstić information content (AvgIpc) is 2.69. The van der Waals surface area contributed by atoms with Gasteiger partial charge in [-0.25, -0.2) is 4.79 Å². The van der Waals surface area contributed by atoms with Crippen molar-refractivity contribution in [1.82, 2.24) is 0 Å². The number of ether oxygens (including phenoxy) is 1. The molecule has 3 aromatic rings. The van der Waals surface area contributed by atoms with Gasteiger partial charge in [0.1, 0.15) is 5.60 Å². The minimum absolute atomic E-state index is 0.0531. The summed E-state index contributed by atoms with van der Waals surface area (Å²) in [6.45, 7) is 7.30. The zero-order valence-electron chi connectivity index (χ0n) is 16.9. The van der Waals surface area contributed by atoms with Gasteiger partial charge in [0.15, 0.2) is 0 Å². The normalized spacial score (nSPS) is 10.9. The van der Waals surface area contributed by atoms with E-state index in [0.29, 0.717) is 10.6 Å². The number of carbonyl (C=O) groups excluding carboxylic acids is 1. The minimum atomic E-state index is -0.579. The number of nitro groups is 1. The first-order valence-corrected chi connectivity index (χ1v) is 10.1. The van der Waals surface area contributed by atoms with Crippen LogP contribution in [0.1, 0.15) is 20.8 Å². The summed E-state index contributed by atoms with van der Waals surface area (Å²) in [4.78, 5) is 24.5. The van der Waals surface area contributed by atoms with E-state index >= 15 is 0 Å². The molecule has 0 radical (unpaired) electrons. The molecule has 1 amide bonds. The van der Waals surface area contributed by atoms with E-state index in [-0.39, 0.29) is 10.6 Å². The van der Waals surface area contributed by atoms with E-state index < -0.39 is 11.7 Å². The summed E-state index contributed by atoms with van der Waals surface area (Å²) >= 11 is 1.30. The molecule has 30 heavy (non-hydrogen) atoms. The van der Waals surface area contributed by atoms with Crippen LogP contribution in [0, 0.1) is 10.1 Å². The molecule has 0 aliphatic heterocycles. The molecule has 0 unspecified atom stereocenters. The molecular weight excluding hydrogens is 399 g/mol. The van der Waals surface area contributed by atoms with Gasteiger partial charge in [-0.3, -0.25) is 0 Å². The molecular formula is C22H21BN2O4S. The van der Waals surface area contributed by atoms with Gasteiger partial charge in [0.05, 0.1) is 0 Å². The number of hydrogen-bond donors (Lipinski definition) is 1. The monoisotopic (exact) mass is 420 g/mol. The molecule has 1 aromatic heterocycles. The van der Waals surface area contributed by atoms with Gasteiger partial charge in [-0.05, 0) is 20.8 Å². The Kier molecular flexibility index (Phi) is 6.57. The Morgan fingerprint density at radius 1 is 1.10 bits per heavy atom. The van der Waals surface area contributed by atoms with Crippen LogP contribution in [0.4, 0.5) is 16.2 Å². The van der Waals surface area contributed by atoms with Crippen LogP contribution in [0.2, 0.25) is 0 Å². The van der Waals surface area contributed by atoms with E-state index in [9.17, 15) is 14.9 Å². The zero-order valence-corrected chi connectivity index (χ0v) is 17.7. The van der Waals surface area contributed by atoms with Gasteiger partial charge >= 0.3 is 144 Å². The molecule has 0 fully saturated rings. The molecule has 0 saturated carbocycles. The van der Waals surface area contributed by atoms with Crippen LogP contribution in [-0.2, 0) is 4.74 Å². The molecule has 6 nitrogen and oxygen atoms in total. The number of amides is 1.